The van der Waals surface area contributed by atoms with Crippen molar-refractivity contribution in [3.8, 4) is 0 Å². The van der Waals surface area contributed by atoms with Crippen molar-refractivity contribution in [1.82, 2.24) is 10.2 Å². The number of rotatable bonds is 7. The highest BCUT2D eigenvalue weighted by atomic mass is 16.5. The Bertz CT molecular complexity index is 274. The van der Waals surface area contributed by atoms with Crippen LogP contribution in [0.3, 0.4) is 0 Å². The van der Waals surface area contributed by atoms with Crippen LogP contribution in [0.4, 0.5) is 0 Å². The summed E-state index contributed by atoms with van der Waals surface area (Å²) in [6.45, 7) is 3.10. The van der Waals surface area contributed by atoms with Crippen LogP contribution in [-0.2, 0) is 9.53 Å². The van der Waals surface area contributed by atoms with Crippen LogP contribution in [0.5, 0.6) is 0 Å². The van der Waals surface area contributed by atoms with Gasteiger partial charge in [0.05, 0.1) is 12.7 Å². The molecule has 2 N–H and O–H groups in total. The summed E-state index contributed by atoms with van der Waals surface area (Å²) < 4.78 is 5.54. The Kier molecular flexibility index (Phi) is 6.07. The quantitative estimate of drug-likeness (QED) is 0.708. The normalized spacial score (nSPS) is 26.8. The van der Waals surface area contributed by atoms with E-state index in [-0.39, 0.29) is 18.6 Å². The molecule has 2 unspecified atom stereocenters. The van der Waals surface area contributed by atoms with Crippen LogP contribution in [0.15, 0.2) is 0 Å². The van der Waals surface area contributed by atoms with Crippen LogP contribution in [0, 0.1) is 0 Å². The Morgan fingerprint density at radius 1 is 1.37 bits per heavy atom. The van der Waals surface area contributed by atoms with E-state index in [1.165, 1.54) is 6.42 Å². The van der Waals surface area contributed by atoms with Crippen molar-refractivity contribution in [2.45, 2.75) is 50.7 Å². The van der Waals surface area contributed by atoms with E-state index in [9.17, 15) is 4.79 Å². The van der Waals surface area contributed by atoms with Crippen LogP contribution in [0.25, 0.3) is 0 Å². The van der Waals surface area contributed by atoms with Gasteiger partial charge in [0.1, 0.15) is 0 Å². The Labute approximate surface area is 115 Å². The van der Waals surface area contributed by atoms with Crippen LogP contribution in [0.2, 0.25) is 0 Å². The monoisotopic (exact) mass is 270 g/mol. The molecule has 0 aromatic heterocycles. The van der Waals surface area contributed by atoms with Crippen molar-refractivity contribution < 1.29 is 14.6 Å². The Balaban J connectivity index is 1.73. The van der Waals surface area contributed by atoms with Crippen LogP contribution in [-0.4, -0.2) is 60.9 Å². The van der Waals surface area contributed by atoms with Crippen LogP contribution in [0.1, 0.15) is 38.5 Å². The summed E-state index contributed by atoms with van der Waals surface area (Å²) in [7, 11) is 0. The fourth-order valence-electron chi connectivity index (χ4n) is 2.93. The molecule has 19 heavy (non-hydrogen) atoms. The minimum Gasteiger partial charge on any atom is -0.395 e. The zero-order valence-electron chi connectivity index (χ0n) is 11.6. The molecule has 2 saturated heterocycles. The van der Waals surface area contributed by atoms with Gasteiger partial charge in [-0.05, 0) is 38.6 Å². The first-order valence-corrected chi connectivity index (χ1v) is 7.53. The van der Waals surface area contributed by atoms with Crippen molar-refractivity contribution in [3.05, 3.63) is 0 Å². The number of amides is 1. The fraction of sp³-hybridized carbons (Fsp3) is 0.929. The number of aliphatic hydroxyl groups excluding tert-OH is 1. The van der Waals surface area contributed by atoms with Crippen molar-refractivity contribution in [2.24, 2.45) is 0 Å². The fourth-order valence-corrected chi connectivity index (χ4v) is 2.93. The molecule has 0 aromatic carbocycles. The highest BCUT2D eigenvalue weighted by Gasteiger charge is 2.23. The molecule has 2 atom stereocenters. The second kappa shape index (κ2) is 7.82. The van der Waals surface area contributed by atoms with E-state index in [0.717, 1.165) is 45.4 Å². The molecule has 2 aliphatic rings. The Morgan fingerprint density at radius 3 is 2.89 bits per heavy atom. The number of nitrogens with one attached hydrogen (secondary N) is 1. The van der Waals surface area contributed by atoms with Gasteiger partial charge in [-0.15, -0.1) is 0 Å². The van der Waals surface area contributed by atoms with E-state index in [4.69, 9.17) is 9.84 Å². The van der Waals surface area contributed by atoms with Gasteiger partial charge in [0.15, 0.2) is 0 Å². The first kappa shape index (κ1) is 14.8. The van der Waals surface area contributed by atoms with Gasteiger partial charge in [-0.1, -0.05) is 0 Å². The molecule has 1 amide bonds. The summed E-state index contributed by atoms with van der Waals surface area (Å²) in [4.78, 5) is 14.0. The average molecular weight is 270 g/mol. The first-order valence-electron chi connectivity index (χ1n) is 7.53. The molecule has 0 aliphatic carbocycles. The first-order chi connectivity index (χ1) is 9.29. The van der Waals surface area contributed by atoms with Gasteiger partial charge in [-0.3, -0.25) is 4.79 Å². The third kappa shape index (κ3) is 4.75. The number of aliphatic hydroxyl groups is 1. The number of carbonyl (C=O) groups excluding carboxylic acids is 1. The average Bonchev–Trinajstić information content (AvgIpc) is 3.08. The number of carbonyl (C=O) groups is 1. The Morgan fingerprint density at radius 2 is 2.26 bits per heavy atom. The molecule has 0 spiro atoms. The van der Waals surface area contributed by atoms with Crippen LogP contribution < -0.4 is 5.32 Å². The molecule has 2 fully saturated rings. The number of hydrogen-bond donors (Lipinski definition) is 2. The van der Waals surface area contributed by atoms with Gasteiger partial charge in [0, 0.05) is 32.2 Å². The predicted octanol–water partition coefficient (Wildman–Crippen LogP) is 0.519. The Hall–Kier alpha value is -0.650. The van der Waals surface area contributed by atoms with E-state index in [1.807, 2.05) is 0 Å². The standard InChI is InChI=1S/C14H26N2O3/c17-9-8-16(11-12-3-1-7-15-12)14(18)6-5-13-4-2-10-19-13/h12-13,15,17H,1-11H2. The number of ether oxygens (including phenoxy) is 1. The molecule has 0 aromatic rings. The van der Waals surface area contributed by atoms with Gasteiger partial charge < -0.3 is 20.1 Å². The minimum absolute atomic E-state index is 0.0401. The lowest BCUT2D eigenvalue weighted by Gasteiger charge is -2.25. The highest BCUT2D eigenvalue weighted by Crippen LogP contribution is 2.17. The van der Waals surface area contributed by atoms with E-state index >= 15 is 0 Å². The molecule has 0 radical (unpaired) electrons. The molecule has 110 valence electrons. The lowest BCUT2D eigenvalue weighted by molar-refractivity contribution is -0.132. The number of hydrogen-bond acceptors (Lipinski definition) is 4. The molecule has 2 aliphatic heterocycles. The van der Waals surface area contributed by atoms with Gasteiger partial charge in [-0.25, -0.2) is 0 Å². The molecular weight excluding hydrogens is 244 g/mol. The molecule has 0 saturated carbocycles. The molecule has 2 rings (SSSR count). The van der Waals surface area contributed by atoms with Crippen molar-refractivity contribution in [3.63, 3.8) is 0 Å². The summed E-state index contributed by atoms with van der Waals surface area (Å²) in [5.74, 6) is 0.151. The maximum absolute atomic E-state index is 12.2. The lowest BCUT2D eigenvalue weighted by atomic mass is 10.1. The summed E-state index contributed by atoms with van der Waals surface area (Å²) in [6, 6.07) is 0.401. The largest absolute Gasteiger partial charge is 0.395 e. The molecule has 5 heteroatoms. The zero-order chi connectivity index (χ0) is 13.5. The minimum atomic E-state index is 0.0401. The van der Waals surface area contributed by atoms with Gasteiger partial charge in [0.2, 0.25) is 5.91 Å². The van der Waals surface area contributed by atoms with Gasteiger partial charge >= 0.3 is 0 Å². The van der Waals surface area contributed by atoms with Crippen LogP contribution >= 0.6 is 0 Å². The van der Waals surface area contributed by atoms with Gasteiger partial charge in [0.25, 0.3) is 0 Å². The zero-order valence-corrected chi connectivity index (χ0v) is 11.6. The second-order valence-corrected chi connectivity index (χ2v) is 5.53. The third-order valence-electron chi connectivity index (χ3n) is 4.03. The molecule has 2 heterocycles. The van der Waals surface area contributed by atoms with E-state index in [2.05, 4.69) is 5.32 Å². The molecule has 5 nitrogen and oxygen atoms in total. The summed E-state index contributed by atoms with van der Waals surface area (Å²) in [5.41, 5.74) is 0. The van der Waals surface area contributed by atoms with E-state index in [0.29, 0.717) is 19.0 Å². The maximum Gasteiger partial charge on any atom is 0.222 e. The second-order valence-electron chi connectivity index (χ2n) is 5.53. The SMILES string of the molecule is O=C(CCC1CCCO1)N(CCO)CC1CCCN1. The molecular formula is C14H26N2O3. The smallest absolute Gasteiger partial charge is 0.222 e. The van der Waals surface area contributed by atoms with Crippen molar-refractivity contribution >= 4 is 5.91 Å². The molecule has 0 bridgehead atoms. The summed E-state index contributed by atoms with van der Waals surface area (Å²) in [6.07, 6.45) is 6.13. The van der Waals surface area contributed by atoms with E-state index < -0.39 is 0 Å². The lowest BCUT2D eigenvalue weighted by Crippen LogP contribution is -2.42. The predicted molar refractivity (Wildman–Crippen MR) is 72.9 cm³/mol. The highest BCUT2D eigenvalue weighted by molar-refractivity contribution is 5.76. The van der Waals surface area contributed by atoms with Gasteiger partial charge in [-0.2, -0.15) is 0 Å². The topological polar surface area (TPSA) is 61.8 Å². The van der Waals surface area contributed by atoms with Crippen molar-refractivity contribution in [2.75, 3.05) is 32.8 Å². The summed E-state index contributed by atoms with van der Waals surface area (Å²) >= 11 is 0. The summed E-state index contributed by atoms with van der Waals surface area (Å²) in [5, 5.41) is 12.5. The van der Waals surface area contributed by atoms with Crippen molar-refractivity contribution in [1.29, 1.82) is 0 Å². The maximum atomic E-state index is 12.2. The van der Waals surface area contributed by atoms with E-state index in [1.54, 1.807) is 4.90 Å². The number of nitrogens with zero attached hydrogens (tertiary/aromatic N) is 1. The third-order valence-corrected chi connectivity index (χ3v) is 4.03.